The van der Waals surface area contributed by atoms with Crippen LogP contribution in [0.25, 0.3) is 0 Å². The highest BCUT2D eigenvalue weighted by atomic mass is 32.2. The van der Waals surface area contributed by atoms with E-state index in [0.717, 1.165) is 0 Å². The van der Waals surface area contributed by atoms with Crippen molar-refractivity contribution in [2.24, 2.45) is 28.1 Å². The van der Waals surface area contributed by atoms with Crippen molar-refractivity contribution in [2.75, 3.05) is 25.2 Å². The molecule has 0 heterocycles. The summed E-state index contributed by atoms with van der Waals surface area (Å²) in [6.45, 7) is 2.79. The number of hydrogen-bond donors (Lipinski definition) is 8. The monoisotopic (exact) mass is 491 g/mol. The molecule has 0 aliphatic heterocycles. The quantitative estimate of drug-likeness (QED) is 0.0632. The zero-order valence-electron chi connectivity index (χ0n) is 19.2. The molecule has 4 unspecified atom stereocenters. The molecule has 0 aliphatic rings. The molecule has 14 heteroatoms. The number of nitrogens with one attached hydrogen (secondary N) is 3. The first kappa shape index (κ1) is 30.4. The number of thioether (sulfide) groups is 1. The lowest BCUT2D eigenvalue weighted by molar-refractivity contribution is -0.143. The van der Waals surface area contributed by atoms with Crippen molar-refractivity contribution in [1.82, 2.24) is 16.0 Å². The third-order valence-electron chi connectivity index (χ3n) is 4.59. The normalized spacial score (nSPS) is 14.5. The molecule has 190 valence electrons. The van der Waals surface area contributed by atoms with E-state index in [9.17, 15) is 19.2 Å². The summed E-state index contributed by atoms with van der Waals surface area (Å²) in [5.74, 6) is -3.13. The number of aliphatic hydroxyl groups is 1. The molecule has 0 bridgehead atoms. The molecule has 0 fully saturated rings. The summed E-state index contributed by atoms with van der Waals surface area (Å²) in [6.07, 6.45) is 2.70. The molecule has 0 saturated carbocycles. The Labute approximate surface area is 197 Å². The van der Waals surface area contributed by atoms with Crippen LogP contribution in [0.4, 0.5) is 0 Å². The van der Waals surface area contributed by atoms with E-state index < -0.39 is 54.5 Å². The Bertz CT molecular complexity index is 688. The van der Waals surface area contributed by atoms with Gasteiger partial charge in [0.2, 0.25) is 17.7 Å². The smallest absolute Gasteiger partial charge is 0.328 e. The topological polar surface area (TPSA) is 235 Å². The van der Waals surface area contributed by atoms with E-state index >= 15 is 0 Å². The molecular formula is C19H37N7O6S. The third kappa shape index (κ3) is 12.3. The van der Waals surface area contributed by atoms with Gasteiger partial charge in [0, 0.05) is 6.54 Å². The molecule has 0 rings (SSSR count). The Balaban J connectivity index is 5.40. The summed E-state index contributed by atoms with van der Waals surface area (Å²) >= 11 is 1.54. The van der Waals surface area contributed by atoms with Crippen molar-refractivity contribution in [3.8, 4) is 0 Å². The first-order chi connectivity index (χ1) is 15.4. The van der Waals surface area contributed by atoms with Gasteiger partial charge in [0.1, 0.15) is 18.1 Å². The fraction of sp³-hybridized carbons (Fsp3) is 0.737. The maximum absolute atomic E-state index is 12.9. The summed E-state index contributed by atoms with van der Waals surface area (Å²) in [4.78, 5) is 52.9. The number of aliphatic hydroxyl groups excluding tert-OH is 1. The minimum atomic E-state index is -1.54. The van der Waals surface area contributed by atoms with E-state index in [1.54, 1.807) is 25.6 Å². The lowest BCUT2D eigenvalue weighted by atomic mass is 10.0. The Kier molecular flexibility index (Phi) is 14.8. The van der Waals surface area contributed by atoms with Crippen LogP contribution in [0, 0.1) is 5.92 Å². The van der Waals surface area contributed by atoms with Crippen LogP contribution in [0.5, 0.6) is 0 Å². The summed E-state index contributed by atoms with van der Waals surface area (Å²) in [7, 11) is 0. The van der Waals surface area contributed by atoms with Crippen LogP contribution in [0.15, 0.2) is 4.99 Å². The van der Waals surface area contributed by atoms with E-state index in [2.05, 4.69) is 20.9 Å². The van der Waals surface area contributed by atoms with E-state index in [1.807, 2.05) is 6.26 Å². The van der Waals surface area contributed by atoms with E-state index in [0.29, 0.717) is 18.6 Å². The standard InChI is InChI=1S/C19H37N7O6S/c1-10(2)14(26-15(28)11(20)6-8-33-3)17(30)24-12(5-4-7-23-19(21)22)16(29)25-13(9-27)18(31)32/h10-14,27H,4-9,20H2,1-3H3,(H,24,30)(H,25,29)(H,26,28)(H,31,32)(H4,21,22,23). The molecule has 0 aromatic rings. The van der Waals surface area contributed by atoms with Gasteiger partial charge in [-0.15, -0.1) is 0 Å². The number of carbonyl (C=O) groups is 4. The predicted octanol–water partition coefficient (Wildman–Crippen LogP) is -2.69. The van der Waals surface area contributed by atoms with Gasteiger partial charge < -0.3 is 43.4 Å². The number of nitrogens with zero attached hydrogens (tertiary/aromatic N) is 1. The van der Waals surface area contributed by atoms with Gasteiger partial charge in [-0.05, 0) is 37.2 Å². The zero-order valence-corrected chi connectivity index (χ0v) is 20.1. The van der Waals surface area contributed by atoms with Gasteiger partial charge in [-0.25, -0.2) is 4.79 Å². The highest BCUT2D eigenvalue weighted by Gasteiger charge is 2.31. The van der Waals surface area contributed by atoms with E-state index in [-0.39, 0.29) is 24.8 Å². The Morgan fingerprint density at radius 2 is 1.58 bits per heavy atom. The first-order valence-corrected chi connectivity index (χ1v) is 11.9. The molecule has 0 aliphatic carbocycles. The highest BCUT2D eigenvalue weighted by molar-refractivity contribution is 7.98. The molecule has 0 saturated heterocycles. The molecule has 0 radical (unpaired) electrons. The number of nitrogens with two attached hydrogens (primary N) is 3. The van der Waals surface area contributed by atoms with Gasteiger partial charge >= 0.3 is 5.97 Å². The van der Waals surface area contributed by atoms with Crippen molar-refractivity contribution in [3.05, 3.63) is 0 Å². The lowest BCUT2D eigenvalue weighted by Crippen LogP contribution is -2.58. The second-order valence-electron chi connectivity index (χ2n) is 7.71. The Morgan fingerprint density at radius 3 is 2.06 bits per heavy atom. The number of carbonyl (C=O) groups excluding carboxylic acids is 3. The van der Waals surface area contributed by atoms with Gasteiger partial charge in [-0.1, -0.05) is 13.8 Å². The number of carboxylic acid groups (broad SMARTS) is 1. The second kappa shape index (κ2) is 16.1. The van der Waals surface area contributed by atoms with Gasteiger partial charge in [-0.2, -0.15) is 11.8 Å². The van der Waals surface area contributed by atoms with Gasteiger partial charge in [-0.3, -0.25) is 19.4 Å². The lowest BCUT2D eigenvalue weighted by Gasteiger charge is -2.26. The minimum Gasteiger partial charge on any atom is -0.480 e. The van der Waals surface area contributed by atoms with E-state index in [1.165, 1.54) is 0 Å². The molecule has 13 nitrogen and oxygen atoms in total. The van der Waals surface area contributed by atoms with Gasteiger partial charge in [0.05, 0.1) is 12.6 Å². The fourth-order valence-corrected chi connectivity index (χ4v) is 3.15. The molecule has 11 N–H and O–H groups in total. The fourth-order valence-electron chi connectivity index (χ4n) is 2.66. The molecule has 0 aromatic heterocycles. The maximum Gasteiger partial charge on any atom is 0.328 e. The summed E-state index contributed by atoms with van der Waals surface area (Å²) < 4.78 is 0. The van der Waals surface area contributed by atoms with Crippen molar-refractivity contribution in [2.45, 2.75) is 57.3 Å². The zero-order chi connectivity index (χ0) is 25.6. The van der Waals surface area contributed by atoms with Crippen LogP contribution < -0.4 is 33.2 Å². The summed E-state index contributed by atoms with van der Waals surface area (Å²) in [5.41, 5.74) is 16.4. The van der Waals surface area contributed by atoms with Crippen LogP contribution in [0.3, 0.4) is 0 Å². The van der Waals surface area contributed by atoms with Crippen molar-refractivity contribution in [1.29, 1.82) is 0 Å². The number of amides is 3. The average Bonchev–Trinajstić information content (AvgIpc) is 2.74. The van der Waals surface area contributed by atoms with Crippen LogP contribution in [0.1, 0.15) is 33.1 Å². The van der Waals surface area contributed by atoms with Crippen LogP contribution in [-0.4, -0.2) is 89.2 Å². The van der Waals surface area contributed by atoms with Gasteiger partial charge in [0.25, 0.3) is 0 Å². The number of aliphatic carboxylic acids is 1. The van der Waals surface area contributed by atoms with Crippen LogP contribution in [-0.2, 0) is 19.2 Å². The minimum absolute atomic E-state index is 0.0815. The number of rotatable bonds is 16. The number of hydrogen-bond acceptors (Lipinski definition) is 8. The average molecular weight is 492 g/mol. The Hall–Kier alpha value is -2.58. The number of aliphatic imine (C=N–C) groups is 1. The first-order valence-electron chi connectivity index (χ1n) is 10.5. The molecular weight excluding hydrogens is 454 g/mol. The van der Waals surface area contributed by atoms with Crippen molar-refractivity contribution >= 4 is 41.4 Å². The number of carboxylic acids is 1. The third-order valence-corrected chi connectivity index (χ3v) is 5.24. The van der Waals surface area contributed by atoms with Crippen molar-refractivity contribution < 1.29 is 29.4 Å². The molecule has 33 heavy (non-hydrogen) atoms. The molecule has 0 spiro atoms. The molecule has 4 atom stereocenters. The largest absolute Gasteiger partial charge is 0.480 e. The summed E-state index contributed by atoms with van der Waals surface area (Å²) in [6, 6.07) is -4.45. The Morgan fingerprint density at radius 1 is 0.970 bits per heavy atom. The van der Waals surface area contributed by atoms with E-state index in [4.69, 9.17) is 27.4 Å². The van der Waals surface area contributed by atoms with Crippen molar-refractivity contribution in [3.63, 3.8) is 0 Å². The second-order valence-corrected chi connectivity index (χ2v) is 8.70. The highest BCUT2D eigenvalue weighted by Crippen LogP contribution is 2.07. The maximum atomic E-state index is 12.9. The molecule has 0 aromatic carbocycles. The van der Waals surface area contributed by atoms with Crippen LogP contribution >= 0.6 is 11.8 Å². The molecule has 3 amide bonds. The SMILES string of the molecule is CSCCC(N)C(=O)NC(C(=O)NC(CCCN=C(N)N)C(=O)NC(CO)C(=O)O)C(C)C. The number of guanidine groups is 1. The summed E-state index contributed by atoms with van der Waals surface area (Å²) in [5, 5.41) is 25.6. The predicted molar refractivity (Wildman–Crippen MR) is 126 cm³/mol. The van der Waals surface area contributed by atoms with Crippen LogP contribution in [0.2, 0.25) is 0 Å². The van der Waals surface area contributed by atoms with Gasteiger partial charge in [0.15, 0.2) is 5.96 Å².